The Morgan fingerprint density at radius 3 is 2.73 bits per heavy atom. The average Bonchev–Trinajstić information content (AvgIpc) is 2.57. The number of halogens is 3. The van der Waals surface area contributed by atoms with Crippen LogP contribution in [0.2, 0.25) is 5.15 Å². The van der Waals surface area contributed by atoms with E-state index in [4.69, 9.17) is 11.6 Å². The Bertz CT molecular complexity index is 460. The first-order chi connectivity index (χ1) is 6.84. The van der Waals surface area contributed by atoms with Gasteiger partial charge in [0.05, 0.1) is 11.7 Å². The van der Waals surface area contributed by atoms with Crippen LogP contribution in [0, 0.1) is 5.41 Å². The fourth-order valence-corrected chi connectivity index (χ4v) is 1.65. The first-order valence-corrected chi connectivity index (χ1v) is 4.82. The van der Waals surface area contributed by atoms with Crippen molar-refractivity contribution in [2.45, 2.75) is 25.8 Å². The molecular weight excluding hydrogens is 226 g/mol. The van der Waals surface area contributed by atoms with Crippen LogP contribution >= 0.6 is 11.6 Å². The van der Waals surface area contributed by atoms with E-state index in [1.165, 1.54) is 13.3 Å². The van der Waals surface area contributed by atoms with E-state index in [0.29, 0.717) is 0 Å². The molecule has 1 aliphatic carbocycles. The summed E-state index contributed by atoms with van der Waals surface area (Å²) in [5.41, 5.74) is -1.52. The van der Waals surface area contributed by atoms with Crippen LogP contribution in [-0.2, 0) is 6.54 Å². The number of rotatable bonds is 2. The molecule has 0 radical (unpaired) electrons. The van der Waals surface area contributed by atoms with Crippen molar-refractivity contribution in [2.75, 3.05) is 0 Å². The quantitative estimate of drug-likeness (QED) is 0.733. The maximum atomic E-state index is 12.9. The molecule has 0 aromatic carbocycles. The molecule has 0 bridgehead atoms. The summed E-state index contributed by atoms with van der Waals surface area (Å²) in [5.74, 6) is -2.67. The molecule has 2 rings (SSSR count). The van der Waals surface area contributed by atoms with Gasteiger partial charge < -0.3 is 0 Å². The standard InChI is InChI=1S/C9H9ClF2N2O/c1-8(3-9(8,11)12)4-14-5-13-6(10)2-7(14)15/h2,5H,3-4H2,1H3. The van der Waals surface area contributed by atoms with Crippen molar-refractivity contribution in [1.82, 2.24) is 9.55 Å². The van der Waals surface area contributed by atoms with Crippen LogP contribution in [0.25, 0.3) is 0 Å². The summed E-state index contributed by atoms with van der Waals surface area (Å²) in [6, 6.07) is 1.12. The zero-order chi connectivity index (χ0) is 11.3. The van der Waals surface area contributed by atoms with Gasteiger partial charge in [-0.25, -0.2) is 13.8 Å². The molecule has 1 aromatic heterocycles. The monoisotopic (exact) mass is 234 g/mol. The van der Waals surface area contributed by atoms with E-state index in [9.17, 15) is 13.6 Å². The summed E-state index contributed by atoms with van der Waals surface area (Å²) >= 11 is 5.49. The third-order valence-corrected chi connectivity index (χ3v) is 2.94. The minimum atomic E-state index is -2.67. The van der Waals surface area contributed by atoms with Crippen LogP contribution in [0.1, 0.15) is 13.3 Å². The van der Waals surface area contributed by atoms with E-state index in [1.807, 2.05) is 0 Å². The summed E-state index contributed by atoms with van der Waals surface area (Å²) < 4.78 is 27.0. The molecule has 1 heterocycles. The minimum absolute atomic E-state index is 0.0248. The van der Waals surface area contributed by atoms with Crippen molar-refractivity contribution in [3.8, 4) is 0 Å². The van der Waals surface area contributed by atoms with Gasteiger partial charge in [-0.15, -0.1) is 0 Å². The Labute approximate surface area is 89.7 Å². The fraction of sp³-hybridized carbons (Fsp3) is 0.556. The van der Waals surface area contributed by atoms with Crippen LogP contribution < -0.4 is 5.56 Å². The number of hydrogen-bond donors (Lipinski definition) is 0. The lowest BCUT2D eigenvalue weighted by Gasteiger charge is -2.11. The molecule has 0 saturated heterocycles. The predicted molar refractivity (Wildman–Crippen MR) is 51.2 cm³/mol. The molecule has 6 heteroatoms. The van der Waals surface area contributed by atoms with Crippen LogP contribution in [0.15, 0.2) is 17.2 Å². The second-order valence-corrected chi connectivity index (χ2v) is 4.51. The Hall–Kier alpha value is -0.970. The normalized spacial score (nSPS) is 27.7. The third-order valence-electron chi connectivity index (χ3n) is 2.74. The molecule has 1 atom stereocenters. The predicted octanol–water partition coefficient (Wildman–Crippen LogP) is 1.94. The largest absolute Gasteiger partial charge is 0.298 e. The Kier molecular flexibility index (Phi) is 2.12. The molecule has 82 valence electrons. The van der Waals surface area contributed by atoms with Gasteiger partial charge in [0.25, 0.3) is 11.5 Å². The molecule has 15 heavy (non-hydrogen) atoms. The van der Waals surface area contributed by atoms with E-state index in [2.05, 4.69) is 4.98 Å². The molecule has 1 unspecified atom stereocenters. The number of hydrogen-bond acceptors (Lipinski definition) is 2. The maximum absolute atomic E-state index is 12.9. The Morgan fingerprint density at radius 1 is 1.67 bits per heavy atom. The van der Waals surface area contributed by atoms with Gasteiger partial charge in [-0.3, -0.25) is 9.36 Å². The second-order valence-electron chi connectivity index (χ2n) is 4.12. The van der Waals surface area contributed by atoms with Gasteiger partial charge in [0.15, 0.2) is 0 Å². The van der Waals surface area contributed by atoms with Crippen LogP contribution in [0.3, 0.4) is 0 Å². The zero-order valence-electron chi connectivity index (χ0n) is 8.01. The van der Waals surface area contributed by atoms with Gasteiger partial charge in [-0.05, 0) is 0 Å². The van der Waals surface area contributed by atoms with Gasteiger partial charge in [-0.1, -0.05) is 18.5 Å². The molecule has 1 aliphatic rings. The molecule has 0 amide bonds. The van der Waals surface area contributed by atoms with Crippen LogP contribution in [0.4, 0.5) is 8.78 Å². The lowest BCUT2D eigenvalue weighted by Crippen LogP contribution is -2.25. The molecule has 1 fully saturated rings. The third kappa shape index (κ3) is 1.76. The van der Waals surface area contributed by atoms with Crippen LogP contribution in [0.5, 0.6) is 0 Å². The zero-order valence-corrected chi connectivity index (χ0v) is 8.76. The Balaban J connectivity index is 2.23. The van der Waals surface area contributed by atoms with E-state index < -0.39 is 16.9 Å². The molecule has 0 spiro atoms. The summed E-state index contributed by atoms with van der Waals surface area (Å²) in [4.78, 5) is 15.0. The van der Waals surface area contributed by atoms with Gasteiger partial charge in [0, 0.05) is 19.0 Å². The fourth-order valence-electron chi connectivity index (χ4n) is 1.52. The van der Waals surface area contributed by atoms with E-state index in [1.54, 1.807) is 0 Å². The van der Waals surface area contributed by atoms with E-state index in [0.717, 1.165) is 10.6 Å². The maximum Gasteiger partial charge on any atom is 0.256 e. The SMILES string of the molecule is CC1(Cn2cnc(Cl)cc2=O)CC1(F)F. The second kappa shape index (κ2) is 3.01. The van der Waals surface area contributed by atoms with Crippen molar-refractivity contribution in [3.63, 3.8) is 0 Å². The summed E-state index contributed by atoms with van der Waals surface area (Å²) in [7, 11) is 0. The number of aromatic nitrogens is 2. The van der Waals surface area contributed by atoms with Crippen molar-refractivity contribution in [2.24, 2.45) is 5.41 Å². The highest BCUT2D eigenvalue weighted by molar-refractivity contribution is 6.29. The lowest BCUT2D eigenvalue weighted by atomic mass is 10.1. The molecule has 1 saturated carbocycles. The lowest BCUT2D eigenvalue weighted by molar-refractivity contribution is 0.0632. The number of alkyl halides is 2. The van der Waals surface area contributed by atoms with Gasteiger partial charge >= 0.3 is 0 Å². The Morgan fingerprint density at radius 2 is 2.27 bits per heavy atom. The first kappa shape index (κ1) is 10.5. The highest BCUT2D eigenvalue weighted by Crippen LogP contribution is 2.60. The molecule has 0 N–H and O–H groups in total. The molecule has 3 nitrogen and oxygen atoms in total. The van der Waals surface area contributed by atoms with Crippen molar-refractivity contribution < 1.29 is 8.78 Å². The average molecular weight is 235 g/mol. The molecule has 0 aliphatic heterocycles. The van der Waals surface area contributed by atoms with Crippen molar-refractivity contribution in [1.29, 1.82) is 0 Å². The minimum Gasteiger partial charge on any atom is -0.298 e. The van der Waals surface area contributed by atoms with Crippen molar-refractivity contribution in [3.05, 3.63) is 27.9 Å². The highest BCUT2D eigenvalue weighted by atomic mass is 35.5. The van der Waals surface area contributed by atoms with Crippen molar-refractivity contribution >= 4 is 11.6 Å². The van der Waals surface area contributed by atoms with E-state index in [-0.39, 0.29) is 18.1 Å². The van der Waals surface area contributed by atoms with E-state index >= 15 is 0 Å². The van der Waals surface area contributed by atoms with Crippen LogP contribution in [-0.4, -0.2) is 15.5 Å². The smallest absolute Gasteiger partial charge is 0.256 e. The summed E-state index contributed by atoms with van der Waals surface area (Å²) in [6.07, 6.45) is 1.01. The van der Waals surface area contributed by atoms with Gasteiger partial charge in [0.1, 0.15) is 5.15 Å². The first-order valence-electron chi connectivity index (χ1n) is 4.44. The molecular formula is C9H9ClF2N2O. The molecule has 1 aromatic rings. The van der Waals surface area contributed by atoms with Gasteiger partial charge in [-0.2, -0.15) is 0 Å². The van der Waals surface area contributed by atoms with Gasteiger partial charge in [0.2, 0.25) is 0 Å². The summed E-state index contributed by atoms with van der Waals surface area (Å²) in [6.45, 7) is 1.43. The highest BCUT2D eigenvalue weighted by Gasteiger charge is 2.67. The number of nitrogens with zero attached hydrogens (tertiary/aromatic N) is 2. The summed E-state index contributed by atoms with van der Waals surface area (Å²) in [5, 5.41) is 0.0731. The topological polar surface area (TPSA) is 34.9 Å².